The van der Waals surface area contributed by atoms with Crippen LogP contribution in [-0.4, -0.2) is 16.6 Å². The first kappa shape index (κ1) is 13.4. The Kier molecular flexibility index (Phi) is 3.74. The minimum Gasteiger partial charge on any atom is -0.349 e. The van der Waals surface area contributed by atoms with Crippen LogP contribution in [0.5, 0.6) is 0 Å². The van der Waals surface area contributed by atoms with Crippen LogP contribution in [-0.2, 0) is 0 Å². The molecule has 0 bridgehead atoms. The molecule has 1 aliphatic rings. The maximum atomic E-state index is 12.5. The largest absolute Gasteiger partial charge is 0.349 e. The van der Waals surface area contributed by atoms with Gasteiger partial charge in [-0.05, 0) is 12.8 Å². The van der Waals surface area contributed by atoms with Crippen molar-refractivity contribution in [3.8, 4) is 0 Å². The minimum atomic E-state index is -0.209. The molecule has 0 spiro atoms. The molecule has 0 aromatic heterocycles. The highest BCUT2D eigenvalue weighted by atomic mass is 32.1. The Bertz CT molecular complexity index is 625. The van der Waals surface area contributed by atoms with Crippen molar-refractivity contribution in [2.45, 2.75) is 13.8 Å². The Morgan fingerprint density at radius 1 is 1.37 bits per heavy atom. The van der Waals surface area contributed by atoms with Gasteiger partial charge in [0.1, 0.15) is 4.99 Å². The van der Waals surface area contributed by atoms with E-state index in [1.165, 1.54) is 0 Å². The van der Waals surface area contributed by atoms with Crippen LogP contribution in [0.1, 0.15) is 24.2 Å². The zero-order chi connectivity index (χ0) is 14.0. The summed E-state index contributed by atoms with van der Waals surface area (Å²) in [5.41, 5.74) is 2.60. The van der Waals surface area contributed by atoms with Crippen LogP contribution >= 0.6 is 12.2 Å². The van der Waals surface area contributed by atoms with Crippen molar-refractivity contribution in [3.05, 3.63) is 52.7 Å². The standard InChI is InChI=1S/C15H14N2OS/c1-9-12(8-16)15(19)17-10(2)13(9)14(18)11-6-4-3-5-7-11/h3-7,9,16H,1-2H3,(H,17,19). The van der Waals surface area contributed by atoms with Crippen LogP contribution in [0, 0.1) is 11.3 Å². The number of rotatable bonds is 2. The molecule has 19 heavy (non-hydrogen) atoms. The fourth-order valence-electron chi connectivity index (χ4n) is 2.25. The lowest BCUT2D eigenvalue weighted by atomic mass is 9.84. The number of carbonyl (C=O) groups is 1. The predicted octanol–water partition coefficient (Wildman–Crippen LogP) is 2.88. The lowest BCUT2D eigenvalue weighted by Gasteiger charge is -2.26. The van der Waals surface area contributed by atoms with Crippen LogP contribution < -0.4 is 5.32 Å². The summed E-state index contributed by atoms with van der Waals surface area (Å²) in [6.07, 6.45) is 0. The molecule has 0 amide bonds. The van der Waals surface area contributed by atoms with E-state index < -0.39 is 0 Å². The maximum absolute atomic E-state index is 12.5. The summed E-state index contributed by atoms with van der Waals surface area (Å²) in [6, 6.07) is 9.12. The number of hydrogen-bond acceptors (Lipinski definition) is 3. The fraction of sp³-hybridized carbons (Fsp3) is 0.200. The number of benzene rings is 1. The molecule has 2 rings (SSSR count). The summed E-state index contributed by atoms with van der Waals surface area (Å²) in [5.74, 6) is 2.09. The topological polar surface area (TPSA) is 53.0 Å². The lowest BCUT2D eigenvalue weighted by molar-refractivity contribution is 0.102. The molecule has 2 N–H and O–H groups in total. The highest BCUT2D eigenvalue weighted by Gasteiger charge is 2.30. The van der Waals surface area contributed by atoms with Gasteiger partial charge in [-0.15, -0.1) is 0 Å². The Hall–Kier alpha value is -2.03. The van der Waals surface area contributed by atoms with Crippen molar-refractivity contribution < 1.29 is 4.79 Å². The molecule has 0 saturated heterocycles. The van der Waals surface area contributed by atoms with Crippen LogP contribution in [0.25, 0.3) is 0 Å². The first-order valence-electron chi connectivity index (χ1n) is 5.97. The SMILES string of the molecule is CC1=C(C(=O)c2ccccc2)C(C)C(=C=N)C(=S)N1. The molecule has 1 atom stereocenters. The molecule has 0 radical (unpaired) electrons. The summed E-state index contributed by atoms with van der Waals surface area (Å²) in [5, 5.41) is 10.3. The molecule has 3 nitrogen and oxygen atoms in total. The van der Waals surface area contributed by atoms with Gasteiger partial charge < -0.3 is 5.32 Å². The molecule has 1 unspecified atom stereocenters. The number of thiocarbonyl (C=S) groups is 1. The van der Waals surface area contributed by atoms with Crippen molar-refractivity contribution in [1.29, 1.82) is 5.41 Å². The van der Waals surface area contributed by atoms with Crippen molar-refractivity contribution in [3.63, 3.8) is 0 Å². The van der Waals surface area contributed by atoms with Crippen LogP contribution in [0.15, 0.2) is 47.2 Å². The van der Waals surface area contributed by atoms with Crippen LogP contribution in [0.2, 0.25) is 0 Å². The van der Waals surface area contributed by atoms with Gasteiger partial charge in [0.25, 0.3) is 0 Å². The van der Waals surface area contributed by atoms with E-state index >= 15 is 0 Å². The van der Waals surface area contributed by atoms with Crippen molar-refractivity contribution in [2.75, 3.05) is 0 Å². The second-order valence-corrected chi connectivity index (χ2v) is 4.86. The maximum Gasteiger partial charge on any atom is 0.191 e. The van der Waals surface area contributed by atoms with Crippen molar-refractivity contribution >= 4 is 28.9 Å². The first-order valence-corrected chi connectivity index (χ1v) is 6.38. The number of Topliss-reactive ketones (excluding diaryl/α,β-unsaturated/α-hetero) is 1. The Balaban J connectivity index is 2.49. The molecule has 1 aliphatic heterocycles. The summed E-state index contributed by atoms with van der Waals surface area (Å²) in [6.45, 7) is 3.71. The summed E-state index contributed by atoms with van der Waals surface area (Å²) >= 11 is 5.16. The van der Waals surface area contributed by atoms with E-state index in [2.05, 4.69) is 11.2 Å². The first-order chi connectivity index (χ1) is 9.06. The van der Waals surface area contributed by atoms with Gasteiger partial charge in [0.2, 0.25) is 0 Å². The van der Waals surface area contributed by atoms with Crippen molar-refractivity contribution in [1.82, 2.24) is 5.32 Å². The van der Waals surface area contributed by atoms with Crippen molar-refractivity contribution in [2.24, 2.45) is 5.92 Å². The molecule has 4 heteroatoms. The minimum absolute atomic E-state index is 0.0339. The second kappa shape index (κ2) is 5.31. The molecular weight excluding hydrogens is 256 g/mol. The normalized spacial score (nSPS) is 18.9. The number of nitrogens with one attached hydrogen (secondary N) is 2. The third-order valence-electron chi connectivity index (χ3n) is 3.23. The van der Waals surface area contributed by atoms with E-state index in [1.54, 1.807) is 12.1 Å². The quantitative estimate of drug-likeness (QED) is 0.376. The van der Waals surface area contributed by atoms with Gasteiger partial charge >= 0.3 is 0 Å². The van der Waals surface area contributed by atoms with Crippen LogP contribution in [0.4, 0.5) is 0 Å². The van der Waals surface area contributed by atoms with E-state index in [4.69, 9.17) is 17.6 Å². The van der Waals surface area contributed by atoms with Gasteiger partial charge in [-0.25, -0.2) is 0 Å². The third-order valence-corrected chi connectivity index (χ3v) is 3.55. The van der Waals surface area contributed by atoms with E-state index in [9.17, 15) is 4.79 Å². The lowest BCUT2D eigenvalue weighted by Crippen LogP contribution is -2.35. The van der Waals surface area contributed by atoms with Gasteiger partial charge in [-0.3, -0.25) is 10.2 Å². The molecule has 1 aromatic carbocycles. The van der Waals surface area contributed by atoms with E-state index in [0.29, 0.717) is 21.7 Å². The van der Waals surface area contributed by atoms with Gasteiger partial charge in [0.15, 0.2) is 5.78 Å². The Morgan fingerprint density at radius 2 is 2.00 bits per heavy atom. The average Bonchev–Trinajstić information content (AvgIpc) is 2.39. The highest BCUT2D eigenvalue weighted by Crippen LogP contribution is 2.28. The molecule has 1 heterocycles. The van der Waals surface area contributed by atoms with E-state index in [0.717, 1.165) is 5.70 Å². The second-order valence-electron chi connectivity index (χ2n) is 4.45. The van der Waals surface area contributed by atoms with Gasteiger partial charge in [-0.2, -0.15) is 0 Å². The average molecular weight is 270 g/mol. The molecule has 0 saturated carbocycles. The summed E-state index contributed by atoms with van der Waals surface area (Å²) in [7, 11) is 0. The number of hydrogen-bond donors (Lipinski definition) is 2. The molecule has 0 aliphatic carbocycles. The van der Waals surface area contributed by atoms with E-state index in [1.807, 2.05) is 32.0 Å². The smallest absolute Gasteiger partial charge is 0.191 e. The number of ketones is 1. The zero-order valence-electron chi connectivity index (χ0n) is 10.8. The monoisotopic (exact) mass is 270 g/mol. The van der Waals surface area contributed by atoms with E-state index in [-0.39, 0.29) is 11.7 Å². The zero-order valence-corrected chi connectivity index (χ0v) is 11.6. The Morgan fingerprint density at radius 3 is 2.58 bits per heavy atom. The number of carbonyl (C=O) groups excluding carboxylic acids is 1. The predicted molar refractivity (Wildman–Crippen MR) is 79.6 cm³/mol. The fourth-order valence-corrected chi connectivity index (χ4v) is 2.63. The molecule has 1 aromatic rings. The number of allylic oxidation sites excluding steroid dienone is 2. The van der Waals surface area contributed by atoms with Crippen LogP contribution in [0.3, 0.4) is 0 Å². The third kappa shape index (κ3) is 2.41. The summed E-state index contributed by atoms with van der Waals surface area (Å²) < 4.78 is 0. The molecular formula is C15H14N2OS. The summed E-state index contributed by atoms with van der Waals surface area (Å²) in [4.78, 5) is 13.0. The molecule has 96 valence electrons. The van der Waals surface area contributed by atoms with Gasteiger partial charge in [0.05, 0.1) is 5.57 Å². The van der Waals surface area contributed by atoms with Gasteiger partial charge in [0, 0.05) is 22.8 Å². The molecule has 0 fully saturated rings. The van der Waals surface area contributed by atoms with Gasteiger partial charge in [-0.1, -0.05) is 49.5 Å². The Labute approximate surface area is 117 Å². The highest BCUT2D eigenvalue weighted by molar-refractivity contribution is 7.80.